The summed E-state index contributed by atoms with van der Waals surface area (Å²) in [5.74, 6) is 0.224. The molecule has 0 unspecified atom stereocenters. The van der Waals surface area contributed by atoms with Gasteiger partial charge in [0.05, 0.1) is 22.9 Å². The Hall–Kier alpha value is -2.83. The number of halogens is 3. The van der Waals surface area contributed by atoms with Gasteiger partial charge in [-0.3, -0.25) is 4.79 Å². The molecule has 1 amide bonds. The number of hydrogen-bond acceptors (Lipinski definition) is 2. The van der Waals surface area contributed by atoms with Gasteiger partial charge in [0.15, 0.2) is 0 Å². The third kappa shape index (κ3) is 4.06. The maximum Gasteiger partial charge on any atom is 0.416 e. The minimum Gasteiger partial charge on any atom is -0.339 e. The number of carbonyl (C=O) groups excluding carboxylic acids is 1. The van der Waals surface area contributed by atoms with Crippen molar-refractivity contribution in [1.82, 2.24) is 14.5 Å². The van der Waals surface area contributed by atoms with Crippen LogP contribution in [0.5, 0.6) is 0 Å². The van der Waals surface area contributed by atoms with E-state index in [-0.39, 0.29) is 5.91 Å². The summed E-state index contributed by atoms with van der Waals surface area (Å²) in [6.07, 6.45) is -0.800. The normalized spacial score (nSPS) is 15.7. The zero-order chi connectivity index (χ0) is 21.5. The van der Waals surface area contributed by atoms with E-state index in [4.69, 9.17) is 0 Å². The average molecular weight is 415 g/mol. The molecule has 2 aromatic carbocycles. The molecule has 0 aliphatic carbocycles. The van der Waals surface area contributed by atoms with Crippen LogP contribution in [0.3, 0.4) is 0 Å². The quantitative estimate of drug-likeness (QED) is 0.588. The van der Waals surface area contributed by atoms with E-state index < -0.39 is 11.7 Å². The fourth-order valence-corrected chi connectivity index (χ4v) is 4.04. The van der Waals surface area contributed by atoms with E-state index in [1.54, 1.807) is 4.90 Å². The van der Waals surface area contributed by atoms with Gasteiger partial charge in [0, 0.05) is 25.2 Å². The molecule has 0 bridgehead atoms. The van der Waals surface area contributed by atoms with E-state index in [1.807, 2.05) is 6.33 Å². The Balaban J connectivity index is 1.38. The minimum absolute atomic E-state index is 0.207. The summed E-state index contributed by atoms with van der Waals surface area (Å²) in [6.45, 7) is 6.24. The second kappa shape index (κ2) is 7.78. The number of nitrogens with zero attached hydrogens (tertiary/aromatic N) is 3. The van der Waals surface area contributed by atoms with Gasteiger partial charge in [-0.1, -0.05) is 0 Å². The van der Waals surface area contributed by atoms with Crippen LogP contribution in [-0.2, 0) is 12.7 Å². The molecule has 1 fully saturated rings. The Kier molecular flexibility index (Phi) is 5.30. The summed E-state index contributed by atoms with van der Waals surface area (Å²) >= 11 is 0. The van der Waals surface area contributed by atoms with Gasteiger partial charge >= 0.3 is 6.18 Å². The number of fused-ring (bicyclic) bond motifs is 1. The number of carbonyl (C=O) groups is 1. The number of alkyl halides is 3. The average Bonchev–Trinajstić information content (AvgIpc) is 3.09. The number of hydrogen-bond donors (Lipinski definition) is 0. The van der Waals surface area contributed by atoms with Gasteiger partial charge in [0.2, 0.25) is 0 Å². The Morgan fingerprint density at radius 2 is 1.70 bits per heavy atom. The first-order chi connectivity index (χ1) is 14.2. The van der Waals surface area contributed by atoms with Crippen molar-refractivity contribution in [2.45, 2.75) is 39.4 Å². The summed E-state index contributed by atoms with van der Waals surface area (Å²) in [6, 6.07) is 8.73. The van der Waals surface area contributed by atoms with E-state index in [2.05, 4.69) is 35.5 Å². The predicted octanol–water partition coefficient (Wildman–Crippen LogP) is 5.22. The summed E-state index contributed by atoms with van der Waals surface area (Å²) in [7, 11) is 0. The van der Waals surface area contributed by atoms with Crippen LogP contribution in [0.15, 0.2) is 42.7 Å². The fourth-order valence-electron chi connectivity index (χ4n) is 4.04. The van der Waals surface area contributed by atoms with Crippen LogP contribution < -0.4 is 0 Å². The Bertz CT molecular complexity index is 1060. The number of amides is 1. The van der Waals surface area contributed by atoms with Crippen LogP contribution in [-0.4, -0.2) is 33.4 Å². The number of imidazole rings is 1. The summed E-state index contributed by atoms with van der Waals surface area (Å²) < 4.78 is 40.3. The molecule has 0 radical (unpaired) electrons. The lowest BCUT2D eigenvalue weighted by Crippen LogP contribution is -2.39. The Morgan fingerprint density at radius 1 is 1.07 bits per heavy atom. The first kappa shape index (κ1) is 20.4. The second-order valence-corrected chi connectivity index (χ2v) is 8.13. The molecule has 0 atom stereocenters. The summed E-state index contributed by atoms with van der Waals surface area (Å²) in [5.41, 5.74) is 4.14. The van der Waals surface area contributed by atoms with Crippen LogP contribution in [0.1, 0.15) is 39.9 Å². The van der Waals surface area contributed by atoms with Crippen LogP contribution in [0.2, 0.25) is 0 Å². The highest BCUT2D eigenvalue weighted by Gasteiger charge is 2.31. The molecular weight excluding hydrogens is 391 g/mol. The molecule has 0 saturated carbocycles. The van der Waals surface area contributed by atoms with Crippen molar-refractivity contribution in [3.8, 4) is 0 Å². The van der Waals surface area contributed by atoms with E-state index in [0.29, 0.717) is 24.6 Å². The highest BCUT2D eigenvalue weighted by atomic mass is 19.4. The van der Waals surface area contributed by atoms with E-state index >= 15 is 0 Å². The number of aryl methyl sites for hydroxylation is 2. The van der Waals surface area contributed by atoms with Crippen molar-refractivity contribution >= 4 is 16.9 Å². The topological polar surface area (TPSA) is 38.1 Å². The van der Waals surface area contributed by atoms with Gasteiger partial charge in [0.25, 0.3) is 5.91 Å². The van der Waals surface area contributed by atoms with E-state index in [9.17, 15) is 18.0 Å². The van der Waals surface area contributed by atoms with Crippen molar-refractivity contribution in [2.24, 2.45) is 5.92 Å². The highest BCUT2D eigenvalue weighted by molar-refractivity contribution is 5.94. The Labute approximate surface area is 173 Å². The molecular formula is C23H24F3N3O. The lowest BCUT2D eigenvalue weighted by molar-refractivity contribution is -0.137. The van der Waals surface area contributed by atoms with Gasteiger partial charge in [-0.15, -0.1) is 0 Å². The largest absolute Gasteiger partial charge is 0.416 e. The molecule has 1 aliphatic rings. The first-order valence-electron chi connectivity index (χ1n) is 10.1. The Morgan fingerprint density at radius 3 is 2.33 bits per heavy atom. The zero-order valence-electron chi connectivity index (χ0n) is 17.0. The van der Waals surface area contributed by atoms with Gasteiger partial charge in [-0.05, 0) is 80.1 Å². The van der Waals surface area contributed by atoms with E-state index in [1.165, 1.54) is 23.3 Å². The van der Waals surface area contributed by atoms with Crippen LogP contribution in [0.25, 0.3) is 11.0 Å². The van der Waals surface area contributed by atoms with Crippen molar-refractivity contribution in [2.75, 3.05) is 13.1 Å². The van der Waals surface area contributed by atoms with Gasteiger partial charge < -0.3 is 9.47 Å². The van der Waals surface area contributed by atoms with E-state index in [0.717, 1.165) is 42.6 Å². The fraction of sp³-hybridized carbons (Fsp3) is 0.391. The maximum absolute atomic E-state index is 12.7. The molecule has 3 aromatic rings. The lowest BCUT2D eigenvalue weighted by Gasteiger charge is -2.32. The molecule has 4 rings (SSSR count). The lowest BCUT2D eigenvalue weighted by atomic mass is 9.96. The molecule has 0 spiro atoms. The van der Waals surface area contributed by atoms with Crippen molar-refractivity contribution in [1.29, 1.82) is 0 Å². The SMILES string of the molecule is Cc1cc2ncn(CC3CCN(C(=O)c4ccc(C(F)(F)F)cc4)CC3)c2cc1C. The third-order valence-electron chi connectivity index (χ3n) is 6.05. The van der Waals surface area contributed by atoms with Crippen molar-refractivity contribution in [3.63, 3.8) is 0 Å². The molecule has 158 valence electrons. The second-order valence-electron chi connectivity index (χ2n) is 8.13. The number of likely N-dealkylation sites (tertiary alicyclic amines) is 1. The standard InChI is InChI=1S/C23H24F3N3O/c1-15-11-20-21(12-16(15)2)29(14-27-20)13-17-7-9-28(10-8-17)22(30)18-3-5-19(6-4-18)23(24,25)26/h3-6,11-12,14,17H,7-10,13H2,1-2H3. The molecule has 1 aromatic heterocycles. The van der Waals surface area contributed by atoms with Crippen molar-refractivity contribution in [3.05, 3.63) is 65.0 Å². The monoisotopic (exact) mass is 415 g/mol. The molecule has 7 heteroatoms. The van der Waals surface area contributed by atoms with Crippen LogP contribution in [0, 0.1) is 19.8 Å². The molecule has 30 heavy (non-hydrogen) atoms. The number of aromatic nitrogens is 2. The summed E-state index contributed by atoms with van der Waals surface area (Å²) in [5, 5.41) is 0. The van der Waals surface area contributed by atoms with Gasteiger partial charge in [-0.25, -0.2) is 4.98 Å². The summed E-state index contributed by atoms with van der Waals surface area (Å²) in [4.78, 5) is 18.9. The zero-order valence-corrected chi connectivity index (χ0v) is 17.0. The highest BCUT2D eigenvalue weighted by Crippen LogP contribution is 2.30. The molecule has 0 N–H and O–H groups in total. The molecule has 1 saturated heterocycles. The predicted molar refractivity (Wildman–Crippen MR) is 109 cm³/mol. The van der Waals surface area contributed by atoms with Gasteiger partial charge in [-0.2, -0.15) is 13.2 Å². The first-order valence-corrected chi connectivity index (χ1v) is 10.1. The molecule has 2 heterocycles. The molecule has 4 nitrogen and oxygen atoms in total. The smallest absolute Gasteiger partial charge is 0.339 e. The number of piperidine rings is 1. The minimum atomic E-state index is -4.39. The van der Waals surface area contributed by atoms with Crippen LogP contribution >= 0.6 is 0 Å². The number of rotatable bonds is 3. The third-order valence-corrected chi connectivity index (χ3v) is 6.05. The molecule has 1 aliphatic heterocycles. The van der Waals surface area contributed by atoms with Crippen molar-refractivity contribution < 1.29 is 18.0 Å². The number of benzene rings is 2. The maximum atomic E-state index is 12.7. The van der Waals surface area contributed by atoms with Gasteiger partial charge in [0.1, 0.15) is 0 Å². The van der Waals surface area contributed by atoms with Crippen LogP contribution in [0.4, 0.5) is 13.2 Å².